The Kier molecular flexibility index (Phi) is 5.07. The molecule has 0 aliphatic carbocycles. The van der Waals surface area contributed by atoms with Gasteiger partial charge in [0.25, 0.3) is 0 Å². The van der Waals surface area contributed by atoms with Crippen LogP contribution in [0, 0.1) is 6.92 Å². The van der Waals surface area contributed by atoms with Crippen molar-refractivity contribution in [2.75, 3.05) is 12.4 Å². The Morgan fingerprint density at radius 1 is 1.03 bits per heavy atom. The zero-order valence-corrected chi connectivity index (χ0v) is 18.0. The maximum absolute atomic E-state index is 12.9. The molecule has 0 saturated heterocycles. The van der Waals surface area contributed by atoms with Gasteiger partial charge < -0.3 is 14.5 Å². The SMILES string of the molecule is COc1ccc(-c2cn3ccc(C)cc3n2)cc1NC(=O)Cc1cccc2ccccc12. The zero-order valence-electron chi connectivity index (χ0n) is 18.0. The molecule has 5 aromatic rings. The highest BCUT2D eigenvalue weighted by Gasteiger charge is 2.13. The van der Waals surface area contributed by atoms with Gasteiger partial charge in [-0.15, -0.1) is 0 Å². The lowest BCUT2D eigenvalue weighted by Gasteiger charge is -2.12. The second kappa shape index (κ2) is 8.19. The lowest BCUT2D eigenvalue weighted by Crippen LogP contribution is -2.15. The Balaban J connectivity index is 1.44. The van der Waals surface area contributed by atoms with Crippen LogP contribution in [-0.4, -0.2) is 22.4 Å². The van der Waals surface area contributed by atoms with Gasteiger partial charge in [-0.05, 0) is 59.2 Å². The Hall–Kier alpha value is -4.12. The molecule has 1 amide bonds. The molecule has 1 N–H and O–H groups in total. The molecule has 0 unspecified atom stereocenters. The van der Waals surface area contributed by atoms with E-state index in [2.05, 4.69) is 17.4 Å². The summed E-state index contributed by atoms with van der Waals surface area (Å²) in [5, 5.41) is 5.24. The minimum atomic E-state index is -0.0950. The number of fused-ring (bicyclic) bond motifs is 2. The third-order valence-corrected chi connectivity index (χ3v) is 5.62. The number of nitrogens with one attached hydrogen (secondary N) is 1. The second-order valence-corrected chi connectivity index (χ2v) is 7.87. The number of aryl methyl sites for hydroxylation is 1. The molecule has 0 spiro atoms. The number of nitrogens with zero attached hydrogens (tertiary/aromatic N) is 2. The summed E-state index contributed by atoms with van der Waals surface area (Å²) < 4.78 is 7.48. The summed E-state index contributed by atoms with van der Waals surface area (Å²) in [6.45, 7) is 2.05. The highest BCUT2D eigenvalue weighted by molar-refractivity contribution is 5.97. The van der Waals surface area contributed by atoms with Gasteiger partial charge in [-0.3, -0.25) is 4.79 Å². The van der Waals surface area contributed by atoms with Crippen LogP contribution in [0.15, 0.2) is 85.2 Å². The first-order chi connectivity index (χ1) is 15.6. The summed E-state index contributed by atoms with van der Waals surface area (Å²) in [5.74, 6) is 0.516. The van der Waals surface area contributed by atoms with Crippen molar-refractivity contribution in [3.05, 3.63) is 96.3 Å². The molecule has 0 bridgehead atoms. The molecule has 5 heteroatoms. The Morgan fingerprint density at radius 3 is 2.75 bits per heavy atom. The van der Waals surface area contributed by atoms with Crippen LogP contribution in [0.5, 0.6) is 5.75 Å². The van der Waals surface area contributed by atoms with Crippen molar-refractivity contribution in [3.8, 4) is 17.0 Å². The molecular weight excluding hydrogens is 398 g/mol. The van der Waals surface area contributed by atoms with Crippen molar-refractivity contribution in [1.82, 2.24) is 9.38 Å². The lowest BCUT2D eigenvalue weighted by molar-refractivity contribution is -0.115. The van der Waals surface area contributed by atoms with E-state index in [1.807, 2.05) is 84.4 Å². The Bertz CT molecular complexity index is 1450. The first-order valence-corrected chi connectivity index (χ1v) is 10.5. The zero-order chi connectivity index (χ0) is 22.1. The largest absolute Gasteiger partial charge is 0.495 e. The number of carbonyl (C=O) groups excluding carboxylic acids is 1. The third kappa shape index (κ3) is 3.81. The highest BCUT2D eigenvalue weighted by Crippen LogP contribution is 2.31. The van der Waals surface area contributed by atoms with E-state index in [0.29, 0.717) is 11.4 Å². The number of pyridine rings is 1. The molecule has 32 heavy (non-hydrogen) atoms. The lowest BCUT2D eigenvalue weighted by atomic mass is 10.0. The van der Waals surface area contributed by atoms with Crippen molar-refractivity contribution in [2.45, 2.75) is 13.3 Å². The maximum Gasteiger partial charge on any atom is 0.228 e. The smallest absolute Gasteiger partial charge is 0.228 e. The number of benzene rings is 3. The number of imidazole rings is 1. The minimum Gasteiger partial charge on any atom is -0.495 e. The maximum atomic E-state index is 12.9. The fourth-order valence-electron chi connectivity index (χ4n) is 4.00. The quantitative estimate of drug-likeness (QED) is 0.399. The van der Waals surface area contributed by atoms with Crippen molar-refractivity contribution in [1.29, 1.82) is 0 Å². The van der Waals surface area contributed by atoms with E-state index in [9.17, 15) is 4.79 Å². The van der Waals surface area contributed by atoms with Crippen LogP contribution in [0.1, 0.15) is 11.1 Å². The third-order valence-electron chi connectivity index (χ3n) is 5.62. The summed E-state index contributed by atoms with van der Waals surface area (Å²) >= 11 is 0. The van der Waals surface area contributed by atoms with Crippen LogP contribution < -0.4 is 10.1 Å². The van der Waals surface area contributed by atoms with E-state index >= 15 is 0 Å². The van der Waals surface area contributed by atoms with Crippen molar-refractivity contribution in [2.24, 2.45) is 0 Å². The molecule has 0 aliphatic heterocycles. The monoisotopic (exact) mass is 421 g/mol. The summed E-state index contributed by atoms with van der Waals surface area (Å²) in [5.41, 5.74) is 5.41. The van der Waals surface area contributed by atoms with Crippen molar-refractivity contribution < 1.29 is 9.53 Å². The van der Waals surface area contributed by atoms with E-state index in [1.54, 1.807) is 7.11 Å². The normalized spacial score (nSPS) is 11.1. The van der Waals surface area contributed by atoms with Gasteiger partial charge in [-0.1, -0.05) is 42.5 Å². The Labute approximate surface area is 186 Å². The van der Waals surface area contributed by atoms with Crippen molar-refractivity contribution in [3.63, 3.8) is 0 Å². The molecular formula is C27H23N3O2. The van der Waals surface area contributed by atoms with Gasteiger partial charge in [0, 0.05) is 18.0 Å². The molecule has 158 valence electrons. The summed E-state index contributed by atoms with van der Waals surface area (Å²) in [4.78, 5) is 17.7. The second-order valence-electron chi connectivity index (χ2n) is 7.87. The molecule has 5 rings (SSSR count). The van der Waals surface area contributed by atoms with Gasteiger partial charge in [0.05, 0.1) is 24.9 Å². The molecule has 2 aromatic heterocycles. The molecule has 3 aromatic carbocycles. The number of anilines is 1. The average Bonchev–Trinajstić information content (AvgIpc) is 3.22. The minimum absolute atomic E-state index is 0.0950. The van der Waals surface area contributed by atoms with Crippen LogP contribution in [0.3, 0.4) is 0 Å². The van der Waals surface area contributed by atoms with Crippen LogP contribution in [0.2, 0.25) is 0 Å². The summed E-state index contributed by atoms with van der Waals surface area (Å²) in [7, 11) is 1.60. The molecule has 0 aliphatic rings. The van der Waals surface area contributed by atoms with Crippen LogP contribution in [-0.2, 0) is 11.2 Å². The van der Waals surface area contributed by atoms with Gasteiger partial charge in [-0.25, -0.2) is 4.98 Å². The highest BCUT2D eigenvalue weighted by atomic mass is 16.5. The summed E-state index contributed by atoms with van der Waals surface area (Å²) in [6.07, 6.45) is 4.26. The first-order valence-electron chi connectivity index (χ1n) is 10.5. The van der Waals surface area contributed by atoms with Gasteiger partial charge in [-0.2, -0.15) is 0 Å². The number of aromatic nitrogens is 2. The summed E-state index contributed by atoms with van der Waals surface area (Å²) in [6, 6.07) is 23.9. The average molecular weight is 422 g/mol. The van der Waals surface area contributed by atoms with E-state index < -0.39 is 0 Å². The van der Waals surface area contributed by atoms with Crippen LogP contribution >= 0.6 is 0 Å². The molecule has 2 heterocycles. The number of amides is 1. The van der Waals surface area contributed by atoms with E-state index in [1.165, 1.54) is 0 Å². The predicted octanol–water partition coefficient (Wildman–Crippen LogP) is 5.65. The molecule has 0 saturated carbocycles. The van der Waals surface area contributed by atoms with E-state index in [-0.39, 0.29) is 12.3 Å². The number of hydrogen-bond donors (Lipinski definition) is 1. The standard InChI is InChI=1S/C27H23N3O2/c1-18-12-13-30-17-24(28-26(30)14-18)21-10-11-25(32-2)23(15-21)29-27(31)16-20-8-5-7-19-6-3-4-9-22(19)20/h3-15,17H,16H2,1-2H3,(H,29,31). The Morgan fingerprint density at radius 2 is 1.88 bits per heavy atom. The van der Waals surface area contributed by atoms with Gasteiger partial charge in [0.2, 0.25) is 5.91 Å². The topological polar surface area (TPSA) is 55.6 Å². The number of carbonyl (C=O) groups is 1. The molecule has 0 atom stereocenters. The number of hydrogen-bond acceptors (Lipinski definition) is 3. The van der Waals surface area contributed by atoms with E-state index in [0.717, 1.165) is 38.8 Å². The molecule has 5 nitrogen and oxygen atoms in total. The van der Waals surface area contributed by atoms with Gasteiger partial charge >= 0.3 is 0 Å². The van der Waals surface area contributed by atoms with Gasteiger partial charge in [0.1, 0.15) is 11.4 Å². The van der Waals surface area contributed by atoms with E-state index in [4.69, 9.17) is 9.72 Å². The number of ether oxygens (including phenoxy) is 1. The number of rotatable bonds is 5. The predicted molar refractivity (Wildman–Crippen MR) is 128 cm³/mol. The molecule has 0 radical (unpaired) electrons. The molecule has 0 fully saturated rings. The van der Waals surface area contributed by atoms with Crippen LogP contribution in [0.4, 0.5) is 5.69 Å². The van der Waals surface area contributed by atoms with Crippen molar-refractivity contribution >= 4 is 28.0 Å². The fraction of sp³-hybridized carbons (Fsp3) is 0.111. The van der Waals surface area contributed by atoms with Gasteiger partial charge in [0.15, 0.2) is 0 Å². The first kappa shape index (κ1) is 19.8. The van der Waals surface area contributed by atoms with Crippen LogP contribution in [0.25, 0.3) is 27.7 Å². The number of methoxy groups -OCH3 is 1. The fourth-order valence-corrected chi connectivity index (χ4v) is 4.00.